The molecule has 3 rings (SSSR count). The van der Waals surface area contributed by atoms with Crippen LogP contribution in [0.25, 0.3) is 5.69 Å². The summed E-state index contributed by atoms with van der Waals surface area (Å²) >= 11 is 1.41. The molecule has 1 aromatic carbocycles. The maximum absolute atomic E-state index is 12.0. The van der Waals surface area contributed by atoms with E-state index in [1.54, 1.807) is 10.9 Å². The predicted octanol–water partition coefficient (Wildman–Crippen LogP) is 2.47. The zero-order chi connectivity index (χ0) is 15.4. The number of aromatic nitrogens is 4. The Morgan fingerprint density at radius 1 is 1.27 bits per heavy atom. The number of hydrogen-bond donors (Lipinski definition) is 1. The monoisotopic (exact) mass is 313 g/mol. The third-order valence-corrected chi connectivity index (χ3v) is 4.07. The maximum Gasteiger partial charge on any atom is 0.230 e. The minimum absolute atomic E-state index is 0.0920. The fourth-order valence-electron chi connectivity index (χ4n) is 1.98. The number of rotatable bonds is 5. The van der Waals surface area contributed by atoms with Crippen molar-refractivity contribution in [3.8, 4) is 5.69 Å². The molecule has 0 saturated heterocycles. The standard InChI is InChI=1S/C15H15N5OS/c1-2-14-18-19-15(22-14)17-13(21)10-11-4-6-12(7-5-11)20-9-3-8-16-20/h3-9H,2,10H2,1H3,(H,17,19,21). The predicted molar refractivity (Wildman–Crippen MR) is 85.2 cm³/mol. The molecule has 2 heterocycles. The number of nitrogens with zero attached hydrogens (tertiary/aromatic N) is 4. The van der Waals surface area contributed by atoms with Crippen molar-refractivity contribution >= 4 is 22.4 Å². The normalized spacial score (nSPS) is 10.6. The van der Waals surface area contributed by atoms with E-state index in [0.717, 1.165) is 22.7 Å². The molecule has 0 aliphatic heterocycles. The number of carbonyl (C=O) groups excluding carboxylic acids is 1. The van der Waals surface area contributed by atoms with Crippen molar-refractivity contribution in [2.24, 2.45) is 0 Å². The van der Waals surface area contributed by atoms with Gasteiger partial charge in [0.2, 0.25) is 11.0 Å². The van der Waals surface area contributed by atoms with E-state index in [0.29, 0.717) is 11.6 Å². The summed E-state index contributed by atoms with van der Waals surface area (Å²) in [7, 11) is 0. The molecule has 0 atom stereocenters. The molecule has 1 amide bonds. The van der Waals surface area contributed by atoms with Gasteiger partial charge in [0.25, 0.3) is 0 Å². The Morgan fingerprint density at radius 3 is 2.73 bits per heavy atom. The summed E-state index contributed by atoms with van der Waals surface area (Å²) in [5.74, 6) is -0.0920. The highest BCUT2D eigenvalue weighted by molar-refractivity contribution is 7.15. The third kappa shape index (κ3) is 3.37. The fraction of sp³-hybridized carbons (Fsp3) is 0.200. The van der Waals surface area contributed by atoms with Gasteiger partial charge in [-0.1, -0.05) is 30.4 Å². The lowest BCUT2D eigenvalue weighted by Crippen LogP contribution is -2.14. The molecule has 1 N–H and O–H groups in total. The van der Waals surface area contributed by atoms with Crippen LogP contribution in [0.3, 0.4) is 0 Å². The van der Waals surface area contributed by atoms with Crippen LogP contribution in [0, 0.1) is 0 Å². The molecular formula is C15H15N5OS. The maximum atomic E-state index is 12.0. The third-order valence-electron chi connectivity index (χ3n) is 3.09. The lowest BCUT2D eigenvalue weighted by molar-refractivity contribution is -0.115. The first-order chi connectivity index (χ1) is 10.7. The number of carbonyl (C=O) groups is 1. The zero-order valence-electron chi connectivity index (χ0n) is 12.1. The lowest BCUT2D eigenvalue weighted by Gasteiger charge is -2.04. The van der Waals surface area contributed by atoms with Gasteiger partial charge in [0.15, 0.2) is 0 Å². The van der Waals surface area contributed by atoms with Gasteiger partial charge in [-0.3, -0.25) is 4.79 Å². The van der Waals surface area contributed by atoms with Crippen molar-refractivity contribution in [2.75, 3.05) is 5.32 Å². The SMILES string of the molecule is CCc1nnc(NC(=O)Cc2ccc(-n3cccn3)cc2)s1. The molecule has 0 fully saturated rings. The van der Waals surface area contributed by atoms with Crippen LogP contribution in [0.2, 0.25) is 0 Å². The van der Waals surface area contributed by atoms with Crippen molar-refractivity contribution in [2.45, 2.75) is 19.8 Å². The summed E-state index contributed by atoms with van der Waals surface area (Å²) in [6.07, 6.45) is 4.74. The van der Waals surface area contributed by atoms with E-state index in [1.165, 1.54) is 11.3 Å². The van der Waals surface area contributed by atoms with Gasteiger partial charge in [0.05, 0.1) is 12.1 Å². The Morgan fingerprint density at radius 2 is 2.09 bits per heavy atom. The molecule has 0 radical (unpaired) electrons. The summed E-state index contributed by atoms with van der Waals surface area (Å²) in [6.45, 7) is 2.01. The van der Waals surface area contributed by atoms with Crippen LogP contribution in [-0.2, 0) is 17.6 Å². The van der Waals surface area contributed by atoms with Gasteiger partial charge in [0.1, 0.15) is 5.01 Å². The minimum atomic E-state index is -0.0920. The van der Waals surface area contributed by atoms with Gasteiger partial charge < -0.3 is 5.32 Å². The number of hydrogen-bond acceptors (Lipinski definition) is 5. The van der Waals surface area contributed by atoms with Crippen LogP contribution in [0.5, 0.6) is 0 Å². The highest BCUT2D eigenvalue weighted by Crippen LogP contribution is 2.16. The van der Waals surface area contributed by atoms with Crippen LogP contribution in [-0.4, -0.2) is 25.9 Å². The van der Waals surface area contributed by atoms with E-state index in [-0.39, 0.29) is 5.91 Å². The molecular weight excluding hydrogens is 298 g/mol. The first-order valence-electron chi connectivity index (χ1n) is 6.96. The molecule has 0 spiro atoms. The van der Waals surface area contributed by atoms with Crippen LogP contribution < -0.4 is 5.32 Å². The van der Waals surface area contributed by atoms with E-state index in [2.05, 4.69) is 20.6 Å². The minimum Gasteiger partial charge on any atom is -0.300 e. The van der Waals surface area contributed by atoms with E-state index >= 15 is 0 Å². The second-order valence-electron chi connectivity index (χ2n) is 4.70. The Bertz CT molecular complexity index is 749. The van der Waals surface area contributed by atoms with Crippen LogP contribution >= 0.6 is 11.3 Å². The van der Waals surface area contributed by atoms with Crippen LogP contribution in [0.15, 0.2) is 42.7 Å². The number of anilines is 1. The quantitative estimate of drug-likeness (QED) is 0.785. The van der Waals surface area contributed by atoms with E-state index in [1.807, 2.05) is 43.5 Å². The van der Waals surface area contributed by atoms with Gasteiger partial charge in [-0.05, 0) is 30.2 Å². The molecule has 0 saturated carbocycles. The van der Waals surface area contributed by atoms with Crippen molar-refractivity contribution in [1.82, 2.24) is 20.0 Å². The highest BCUT2D eigenvalue weighted by Gasteiger charge is 2.08. The van der Waals surface area contributed by atoms with Crippen molar-refractivity contribution < 1.29 is 4.79 Å². The Kier molecular flexibility index (Phi) is 4.24. The molecule has 112 valence electrons. The Balaban J connectivity index is 1.61. The molecule has 7 heteroatoms. The van der Waals surface area contributed by atoms with Gasteiger partial charge >= 0.3 is 0 Å². The fourth-order valence-corrected chi connectivity index (χ4v) is 2.68. The Hall–Kier alpha value is -2.54. The van der Waals surface area contributed by atoms with Crippen molar-refractivity contribution in [1.29, 1.82) is 0 Å². The van der Waals surface area contributed by atoms with E-state index in [9.17, 15) is 4.79 Å². The molecule has 2 aromatic heterocycles. The van der Waals surface area contributed by atoms with Gasteiger partial charge in [-0.2, -0.15) is 5.10 Å². The first kappa shape index (κ1) is 14.4. The molecule has 3 aromatic rings. The summed E-state index contributed by atoms with van der Waals surface area (Å²) in [5, 5.41) is 16.3. The molecule has 0 aliphatic carbocycles. The van der Waals surface area contributed by atoms with Crippen molar-refractivity contribution in [3.05, 3.63) is 53.3 Å². The lowest BCUT2D eigenvalue weighted by atomic mass is 10.1. The van der Waals surface area contributed by atoms with Gasteiger partial charge in [0, 0.05) is 12.4 Å². The number of amides is 1. The average Bonchev–Trinajstić information content (AvgIpc) is 3.19. The average molecular weight is 313 g/mol. The topological polar surface area (TPSA) is 72.7 Å². The largest absolute Gasteiger partial charge is 0.300 e. The van der Waals surface area contributed by atoms with Gasteiger partial charge in [-0.15, -0.1) is 10.2 Å². The second kappa shape index (κ2) is 6.48. The van der Waals surface area contributed by atoms with Crippen LogP contribution in [0.4, 0.5) is 5.13 Å². The van der Waals surface area contributed by atoms with E-state index in [4.69, 9.17) is 0 Å². The van der Waals surface area contributed by atoms with Gasteiger partial charge in [-0.25, -0.2) is 4.68 Å². The summed E-state index contributed by atoms with van der Waals surface area (Å²) < 4.78 is 1.78. The Labute approximate surface area is 131 Å². The molecule has 6 nitrogen and oxygen atoms in total. The number of aryl methyl sites for hydroxylation is 1. The summed E-state index contributed by atoms with van der Waals surface area (Å²) in [5.41, 5.74) is 1.90. The summed E-state index contributed by atoms with van der Waals surface area (Å²) in [4.78, 5) is 12.0. The zero-order valence-corrected chi connectivity index (χ0v) is 12.9. The molecule has 22 heavy (non-hydrogen) atoms. The van der Waals surface area contributed by atoms with E-state index < -0.39 is 0 Å². The number of nitrogens with one attached hydrogen (secondary N) is 1. The summed E-state index contributed by atoms with van der Waals surface area (Å²) in [6, 6.07) is 9.60. The number of benzene rings is 1. The molecule has 0 bridgehead atoms. The second-order valence-corrected chi connectivity index (χ2v) is 5.76. The molecule has 0 unspecified atom stereocenters. The highest BCUT2D eigenvalue weighted by atomic mass is 32.1. The first-order valence-corrected chi connectivity index (χ1v) is 7.77. The smallest absolute Gasteiger partial charge is 0.230 e. The van der Waals surface area contributed by atoms with Crippen LogP contribution in [0.1, 0.15) is 17.5 Å². The molecule has 0 aliphatic rings. The van der Waals surface area contributed by atoms with Crippen molar-refractivity contribution in [3.63, 3.8) is 0 Å².